The van der Waals surface area contributed by atoms with Crippen molar-refractivity contribution >= 4 is 12.2 Å². The Morgan fingerprint density at radius 3 is 1.39 bits per heavy atom. The molecule has 3 aromatic carbocycles. The highest BCUT2D eigenvalue weighted by molar-refractivity contribution is 5.71. The first-order valence-electron chi connectivity index (χ1n) is 10.7. The molecule has 0 heterocycles. The van der Waals surface area contributed by atoms with E-state index >= 15 is 0 Å². The lowest BCUT2D eigenvalue weighted by Gasteiger charge is -2.26. The second kappa shape index (κ2) is 12.9. The van der Waals surface area contributed by atoms with E-state index in [2.05, 4.69) is 10.6 Å². The molecule has 7 nitrogen and oxygen atoms in total. The van der Waals surface area contributed by atoms with Crippen LogP contribution in [0.2, 0.25) is 0 Å². The number of hydrogen-bond donors (Lipinski definition) is 2. The topological polar surface area (TPSA) is 85.9 Å². The molecule has 1 unspecified atom stereocenters. The second-order valence-corrected chi connectivity index (χ2v) is 7.39. The third-order valence-electron chi connectivity index (χ3n) is 4.80. The summed E-state index contributed by atoms with van der Waals surface area (Å²) in [6.07, 6.45) is -2.77. The van der Waals surface area contributed by atoms with Gasteiger partial charge in [0.2, 0.25) is 0 Å². The molecule has 0 aliphatic rings. The predicted molar refractivity (Wildman–Crippen MR) is 124 cm³/mol. The van der Waals surface area contributed by atoms with Gasteiger partial charge in [0.1, 0.15) is 19.4 Å². The SMILES string of the molecule is CC(OCc1ccccc1)C(NC(=O)OCc1ccccc1)NC(=O)OCc1ccccc1. The summed E-state index contributed by atoms with van der Waals surface area (Å²) in [7, 11) is 0. The summed E-state index contributed by atoms with van der Waals surface area (Å²) in [6.45, 7) is 2.29. The fourth-order valence-corrected chi connectivity index (χ4v) is 2.95. The Balaban J connectivity index is 1.56. The van der Waals surface area contributed by atoms with Crippen molar-refractivity contribution in [2.24, 2.45) is 0 Å². The van der Waals surface area contributed by atoms with Crippen LogP contribution in [0.4, 0.5) is 9.59 Å². The average molecular weight is 449 g/mol. The second-order valence-electron chi connectivity index (χ2n) is 7.39. The lowest BCUT2D eigenvalue weighted by molar-refractivity contribution is 0.0152. The lowest BCUT2D eigenvalue weighted by Crippen LogP contribution is -2.54. The first kappa shape index (κ1) is 23.8. The van der Waals surface area contributed by atoms with Crippen LogP contribution in [0.1, 0.15) is 23.6 Å². The van der Waals surface area contributed by atoms with E-state index in [-0.39, 0.29) is 13.2 Å². The molecule has 0 radical (unpaired) electrons. The van der Waals surface area contributed by atoms with E-state index in [4.69, 9.17) is 14.2 Å². The third kappa shape index (κ3) is 8.66. The Morgan fingerprint density at radius 2 is 1.00 bits per heavy atom. The van der Waals surface area contributed by atoms with Gasteiger partial charge in [0.15, 0.2) is 0 Å². The highest BCUT2D eigenvalue weighted by Gasteiger charge is 2.24. The number of alkyl carbamates (subject to hydrolysis) is 2. The third-order valence-corrected chi connectivity index (χ3v) is 4.80. The van der Waals surface area contributed by atoms with Gasteiger partial charge in [0.25, 0.3) is 0 Å². The first-order valence-corrected chi connectivity index (χ1v) is 10.7. The van der Waals surface area contributed by atoms with Gasteiger partial charge < -0.3 is 14.2 Å². The van der Waals surface area contributed by atoms with Crippen LogP contribution in [0, 0.1) is 0 Å². The van der Waals surface area contributed by atoms with Crippen molar-refractivity contribution in [2.75, 3.05) is 0 Å². The zero-order valence-corrected chi connectivity index (χ0v) is 18.5. The van der Waals surface area contributed by atoms with Crippen molar-refractivity contribution < 1.29 is 23.8 Å². The molecule has 0 spiro atoms. The molecule has 3 rings (SSSR count). The molecular formula is C26H28N2O5. The molecule has 172 valence electrons. The molecule has 2 amide bonds. The molecular weight excluding hydrogens is 420 g/mol. The zero-order chi connectivity index (χ0) is 23.3. The van der Waals surface area contributed by atoms with Crippen LogP contribution in [0.3, 0.4) is 0 Å². The first-order chi connectivity index (χ1) is 16.1. The van der Waals surface area contributed by atoms with Gasteiger partial charge in [0.05, 0.1) is 12.7 Å². The number of carbonyl (C=O) groups is 2. The quantitative estimate of drug-likeness (QED) is 0.437. The number of nitrogens with one attached hydrogen (secondary N) is 2. The molecule has 2 N–H and O–H groups in total. The monoisotopic (exact) mass is 448 g/mol. The minimum Gasteiger partial charge on any atom is -0.445 e. The van der Waals surface area contributed by atoms with E-state index < -0.39 is 24.5 Å². The number of benzene rings is 3. The number of rotatable bonds is 10. The molecule has 0 bridgehead atoms. The van der Waals surface area contributed by atoms with E-state index in [0.717, 1.165) is 16.7 Å². The summed E-state index contributed by atoms with van der Waals surface area (Å²) >= 11 is 0. The molecule has 0 aliphatic carbocycles. The smallest absolute Gasteiger partial charge is 0.409 e. The number of ether oxygens (including phenoxy) is 3. The molecule has 0 saturated carbocycles. The van der Waals surface area contributed by atoms with Crippen molar-refractivity contribution in [3.8, 4) is 0 Å². The summed E-state index contributed by atoms with van der Waals surface area (Å²) in [6, 6.07) is 28.3. The van der Waals surface area contributed by atoms with Crippen molar-refractivity contribution in [3.05, 3.63) is 108 Å². The number of hydrogen-bond acceptors (Lipinski definition) is 5. The Bertz CT molecular complexity index is 926. The predicted octanol–water partition coefficient (Wildman–Crippen LogP) is 4.77. The number of carbonyl (C=O) groups excluding carboxylic acids is 2. The molecule has 0 saturated heterocycles. The fraction of sp³-hybridized carbons (Fsp3) is 0.231. The van der Waals surface area contributed by atoms with Crippen LogP contribution in [0.15, 0.2) is 91.0 Å². The van der Waals surface area contributed by atoms with E-state index in [1.807, 2.05) is 91.0 Å². The average Bonchev–Trinajstić information content (AvgIpc) is 2.86. The number of amides is 2. The van der Waals surface area contributed by atoms with Crippen molar-refractivity contribution in [1.29, 1.82) is 0 Å². The normalized spacial score (nSPS) is 11.5. The maximum absolute atomic E-state index is 12.4. The molecule has 1 atom stereocenters. The van der Waals surface area contributed by atoms with E-state index in [0.29, 0.717) is 6.61 Å². The fourth-order valence-electron chi connectivity index (χ4n) is 2.95. The molecule has 0 aliphatic heterocycles. The van der Waals surface area contributed by atoms with E-state index in [1.165, 1.54) is 0 Å². The van der Waals surface area contributed by atoms with Crippen LogP contribution < -0.4 is 10.6 Å². The van der Waals surface area contributed by atoms with Gasteiger partial charge in [-0.15, -0.1) is 0 Å². The van der Waals surface area contributed by atoms with Crippen LogP contribution in [-0.2, 0) is 34.0 Å². The van der Waals surface area contributed by atoms with Crippen molar-refractivity contribution in [3.63, 3.8) is 0 Å². The highest BCUT2D eigenvalue weighted by atomic mass is 16.6. The molecule has 33 heavy (non-hydrogen) atoms. The lowest BCUT2D eigenvalue weighted by atomic mass is 10.2. The molecule has 0 aromatic heterocycles. The summed E-state index contributed by atoms with van der Waals surface area (Å²) in [4.78, 5) is 24.8. The van der Waals surface area contributed by atoms with Crippen LogP contribution in [-0.4, -0.2) is 24.5 Å². The Kier molecular flexibility index (Phi) is 9.29. The van der Waals surface area contributed by atoms with Crippen molar-refractivity contribution in [2.45, 2.75) is 39.0 Å². The minimum atomic E-state index is -0.861. The van der Waals surface area contributed by atoms with Crippen LogP contribution in [0.25, 0.3) is 0 Å². The Hall–Kier alpha value is -3.84. The maximum Gasteiger partial charge on any atom is 0.409 e. The maximum atomic E-state index is 12.4. The van der Waals surface area contributed by atoms with Gasteiger partial charge in [-0.05, 0) is 23.6 Å². The highest BCUT2D eigenvalue weighted by Crippen LogP contribution is 2.07. The van der Waals surface area contributed by atoms with Gasteiger partial charge >= 0.3 is 12.2 Å². The van der Waals surface area contributed by atoms with E-state index in [1.54, 1.807) is 6.92 Å². The van der Waals surface area contributed by atoms with Crippen LogP contribution in [0.5, 0.6) is 0 Å². The van der Waals surface area contributed by atoms with E-state index in [9.17, 15) is 9.59 Å². The zero-order valence-electron chi connectivity index (χ0n) is 18.5. The van der Waals surface area contributed by atoms with Crippen molar-refractivity contribution in [1.82, 2.24) is 10.6 Å². The Labute approximate surface area is 193 Å². The summed E-state index contributed by atoms with van der Waals surface area (Å²) in [5.41, 5.74) is 2.68. The van der Waals surface area contributed by atoms with Crippen LogP contribution >= 0.6 is 0 Å². The standard InChI is InChI=1S/C26H28N2O5/c1-20(31-17-21-11-5-2-6-12-21)24(27-25(29)32-18-22-13-7-3-8-14-22)28-26(30)33-19-23-15-9-4-10-16-23/h2-16,20,24H,17-19H2,1H3,(H,27,29)(H,28,30). The largest absolute Gasteiger partial charge is 0.445 e. The van der Waals surface area contributed by atoms with Gasteiger partial charge in [-0.25, -0.2) is 9.59 Å². The molecule has 3 aromatic rings. The molecule has 7 heteroatoms. The molecule has 0 fully saturated rings. The minimum absolute atomic E-state index is 0.108. The van der Waals surface area contributed by atoms with Gasteiger partial charge in [-0.1, -0.05) is 91.0 Å². The summed E-state index contributed by atoms with van der Waals surface area (Å²) < 4.78 is 16.4. The summed E-state index contributed by atoms with van der Waals surface area (Å²) in [5, 5.41) is 5.31. The Morgan fingerprint density at radius 1 is 0.636 bits per heavy atom. The van der Waals surface area contributed by atoms with Gasteiger partial charge in [-0.2, -0.15) is 0 Å². The van der Waals surface area contributed by atoms with Gasteiger partial charge in [0, 0.05) is 0 Å². The summed E-state index contributed by atoms with van der Waals surface area (Å²) in [5.74, 6) is 0. The van der Waals surface area contributed by atoms with Gasteiger partial charge in [-0.3, -0.25) is 10.6 Å².